The van der Waals surface area contributed by atoms with Crippen LogP contribution in [-0.4, -0.2) is 24.3 Å². The number of ether oxygens (including phenoxy) is 2. The summed E-state index contributed by atoms with van der Waals surface area (Å²) in [6, 6.07) is 0. The van der Waals surface area contributed by atoms with E-state index in [0.717, 1.165) is 5.56 Å². The predicted octanol–water partition coefficient (Wildman–Crippen LogP) is 0.786. The fourth-order valence-corrected chi connectivity index (χ4v) is 1.23. The number of fused-ring (bicyclic) bond motifs is 1. The molecule has 0 bridgehead atoms. The zero-order valence-corrected chi connectivity index (χ0v) is 7.20. The summed E-state index contributed by atoms with van der Waals surface area (Å²) in [7, 11) is 0. The third kappa shape index (κ3) is 1.26. The average Bonchev–Trinajstić information content (AvgIpc) is 2.62. The number of aromatic nitrogens is 1. The normalized spacial score (nSPS) is 13.6. The number of hydrogen-bond acceptors (Lipinski definition) is 5. The molecule has 2 rings (SSSR count). The first-order valence-electron chi connectivity index (χ1n) is 4.11. The van der Waals surface area contributed by atoms with E-state index in [1.54, 1.807) is 6.92 Å². The second-order valence-corrected chi connectivity index (χ2v) is 2.62. The van der Waals surface area contributed by atoms with Crippen LogP contribution in [0.5, 0.6) is 5.95 Å². The summed E-state index contributed by atoms with van der Waals surface area (Å²) in [5, 5.41) is 3.58. The lowest BCUT2D eigenvalue weighted by Gasteiger charge is -1.96. The third-order valence-electron chi connectivity index (χ3n) is 1.81. The van der Waals surface area contributed by atoms with Crippen molar-refractivity contribution in [2.45, 2.75) is 13.3 Å². The molecule has 2 heterocycles. The molecule has 0 spiro atoms. The maximum absolute atomic E-state index is 11.3. The Balaban J connectivity index is 2.26. The molecule has 70 valence electrons. The monoisotopic (exact) mass is 183 g/mol. The molecule has 0 radical (unpaired) electrons. The zero-order valence-electron chi connectivity index (χ0n) is 7.20. The maximum Gasteiger partial charge on any atom is 0.360 e. The highest BCUT2D eigenvalue weighted by Crippen LogP contribution is 2.28. The first-order chi connectivity index (χ1) is 6.33. The second kappa shape index (κ2) is 3.08. The summed E-state index contributed by atoms with van der Waals surface area (Å²) >= 11 is 0. The van der Waals surface area contributed by atoms with Crippen molar-refractivity contribution in [3.63, 3.8) is 0 Å². The van der Waals surface area contributed by atoms with Crippen molar-refractivity contribution in [2.24, 2.45) is 0 Å². The van der Waals surface area contributed by atoms with Crippen LogP contribution in [0.1, 0.15) is 23.0 Å². The van der Waals surface area contributed by atoms with Crippen molar-refractivity contribution in [3.8, 4) is 5.95 Å². The third-order valence-corrected chi connectivity index (χ3v) is 1.81. The average molecular weight is 183 g/mol. The van der Waals surface area contributed by atoms with Crippen LogP contribution in [-0.2, 0) is 11.2 Å². The standard InChI is InChI=1S/C8H9NO4/c1-2-11-7(10)6-5-3-4-12-8(5)13-9-6/h2-4H2,1H3. The van der Waals surface area contributed by atoms with Crippen molar-refractivity contribution in [2.75, 3.05) is 13.2 Å². The molecule has 1 aromatic rings. The molecular weight excluding hydrogens is 174 g/mol. The highest BCUT2D eigenvalue weighted by molar-refractivity contribution is 5.89. The fraction of sp³-hybridized carbons (Fsp3) is 0.500. The Hall–Kier alpha value is -1.52. The minimum absolute atomic E-state index is 0.245. The van der Waals surface area contributed by atoms with Gasteiger partial charge in [0.15, 0.2) is 5.69 Å². The Labute approximate surface area is 74.6 Å². The minimum Gasteiger partial charge on any atom is -0.463 e. The van der Waals surface area contributed by atoms with Crippen molar-refractivity contribution >= 4 is 5.97 Å². The van der Waals surface area contributed by atoms with Crippen LogP contribution in [0, 0.1) is 0 Å². The summed E-state index contributed by atoms with van der Waals surface area (Å²) < 4.78 is 14.7. The SMILES string of the molecule is CCOC(=O)c1noc2c1CCO2. The van der Waals surface area contributed by atoms with Crippen LogP contribution in [0.2, 0.25) is 0 Å². The first kappa shape index (κ1) is 8.10. The van der Waals surface area contributed by atoms with E-state index >= 15 is 0 Å². The summed E-state index contributed by atoms with van der Waals surface area (Å²) in [4.78, 5) is 11.3. The van der Waals surface area contributed by atoms with Crippen LogP contribution in [0.25, 0.3) is 0 Å². The van der Waals surface area contributed by atoms with E-state index in [9.17, 15) is 4.79 Å². The van der Waals surface area contributed by atoms with Gasteiger partial charge >= 0.3 is 11.9 Å². The summed E-state index contributed by atoms with van der Waals surface area (Å²) in [6.45, 7) is 2.62. The summed E-state index contributed by atoms with van der Waals surface area (Å²) in [5.41, 5.74) is 0.966. The lowest BCUT2D eigenvalue weighted by Crippen LogP contribution is -2.07. The molecule has 1 aromatic heterocycles. The molecule has 13 heavy (non-hydrogen) atoms. The van der Waals surface area contributed by atoms with E-state index in [-0.39, 0.29) is 5.69 Å². The molecule has 0 N–H and O–H groups in total. The van der Waals surface area contributed by atoms with Gasteiger partial charge in [0.2, 0.25) is 0 Å². The second-order valence-electron chi connectivity index (χ2n) is 2.62. The largest absolute Gasteiger partial charge is 0.463 e. The Kier molecular flexibility index (Phi) is 1.92. The first-order valence-corrected chi connectivity index (χ1v) is 4.11. The van der Waals surface area contributed by atoms with Crippen LogP contribution in [0.15, 0.2) is 4.52 Å². The highest BCUT2D eigenvalue weighted by atomic mass is 16.6. The Bertz CT molecular complexity index is 331. The number of esters is 1. The van der Waals surface area contributed by atoms with Crippen LogP contribution < -0.4 is 4.74 Å². The van der Waals surface area contributed by atoms with Gasteiger partial charge in [-0.2, -0.15) is 0 Å². The van der Waals surface area contributed by atoms with Gasteiger partial charge in [0.1, 0.15) is 0 Å². The topological polar surface area (TPSA) is 61.6 Å². The minimum atomic E-state index is -0.446. The van der Waals surface area contributed by atoms with Crippen molar-refractivity contribution in [1.29, 1.82) is 0 Å². The lowest BCUT2D eigenvalue weighted by molar-refractivity contribution is 0.0512. The van der Waals surface area contributed by atoms with Gasteiger partial charge in [0.05, 0.1) is 18.8 Å². The molecule has 0 aliphatic carbocycles. The van der Waals surface area contributed by atoms with Gasteiger partial charge in [0, 0.05) is 6.42 Å². The lowest BCUT2D eigenvalue weighted by atomic mass is 10.2. The van der Waals surface area contributed by atoms with E-state index < -0.39 is 5.97 Å². The predicted molar refractivity (Wildman–Crippen MR) is 41.7 cm³/mol. The van der Waals surface area contributed by atoms with E-state index in [0.29, 0.717) is 25.6 Å². The highest BCUT2D eigenvalue weighted by Gasteiger charge is 2.27. The zero-order chi connectivity index (χ0) is 9.26. The Morgan fingerprint density at radius 2 is 2.54 bits per heavy atom. The molecule has 0 unspecified atom stereocenters. The molecule has 5 heteroatoms. The number of hydrogen-bond donors (Lipinski definition) is 0. The van der Waals surface area contributed by atoms with Gasteiger partial charge in [-0.15, -0.1) is 0 Å². The van der Waals surface area contributed by atoms with E-state index in [2.05, 4.69) is 5.16 Å². The molecule has 1 aliphatic rings. The summed E-state index contributed by atoms with van der Waals surface area (Å²) in [5.74, 6) is -0.0962. The molecule has 0 saturated carbocycles. The van der Waals surface area contributed by atoms with Crippen LogP contribution in [0.3, 0.4) is 0 Å². The Morgan fingerprint density at radius 1 is 1.69 bits per heavy atom. The number of rotatable bonds is 2. The van der Waals surface area contributed by atoms with Crippen molar-refractivity contribution in [1.82, 2.24) is 5.16 Å². The van der Waals surface area contributed by atoms with E-state index in [4.69, 9.17) is 14.0 Å². The molecule has 0 atom stereocenters. The fourth-order valence-electron chi connectivity index (χ4n) is 1.23. The maximum atomic E-state index is 11.3. The smallest absolute Gasteiger partial charge is 0.360 e. The molecule has 0 aromatic carbocycles. The van der Waals surface area contributed by atoms with Gasteiger partial charge in [-0.3, -0.25) is 0 Å². The van der Waals surface area contributed by atoms with Gasteiger partial charge in [0.25, 0.3) is 0 Å². The quantitative estimate of drug-likeness (QED) is 0.634. The van der Waals surface area contributed by atoms with Gasteiger partial charge in [-0.1, -0.05) is 5.16 Å². The van der Waals surface area contributed by atoms with Gasteiger partial charge in [-0.25, -0.2) is 4.79 Å². The molecule has 0 amide bonds. The van der Waals surface area contributed by atoms with E-state index in [1.165, 1.54) is 0 Å². The molecule has 5 nitrogen and oxygen atoms in total. The van der Waals surface area contributed by atoms with Crippen molar-refractivity contribution < 1.29 is 18.8 Å². The van der Waals surface area contributed by atoms with Gasteiger partial charge < -0.3 is 14.0 Å². The van der Waals surface area contributed by atoms with Gasteiger partial charge in [-0.05, 0) is 6.92 Å². The van der Waals surface area contributed by atoms with Crippen molar-refractivity contribution in [3.05, 3.63) is 11.3 Å². The van der Waals surface area contributed by atoms with E-state index in [1.807, 2.05) is 0 Å². The number of carbonyl (C=O) groups excluding carboxylic acids is 1. The summed E-state index contributed by atoms with van der Waals surface area (Å²) in [6.07, 6.45) is 0.660. The van der Waals surface area contributed by atoms with Crippen LogP contribution >= 0.6 is 0 Å². The molecule has 0 saturated heterocycles. The number of carbonyl (C=O) groups is 1. The number of nitrogens with zero attached hydrogens (tertiary/aromatic N) is 1. The van der Waals surface area contributed by atoms with Crippen LogP contribution in [0.4, 0.5) is 0 Å². The molecular formula is C8H9NO4. The molecule has 0 fully saturated rings. The Morgan fingerprint density at radius 3 is 3.31 bits per heavy atom. The molecule has 1 aliphatic heterocycles.